The van der Waals surface area contributed by atoms with Crippen molar-refractivity contribution in [1.82, 2.24) is 4.98 Å². The lowest BCUT2D eigenvalue weighted by atomic mass is 10.3. The van der Waals surface area contributed by atoms with Crippen LogP contribution in [-0.4, -0.2) is 17.2 Å². The van der Waals surface area contributed by atoms with Gasteiger partial charge in [0.1, 0.15) is 17.3 Å². The van der Waals surface area contributed by atoms with E-state index in [1.807, 2.05) is 0 Å². The largest absolute Gasteiger partial charge is 0.311 e. The van der Waals surface area contributed by atoms with E-state index >= 15 is 0 Å². The Morgan fingerprint density at radius 1 is 1.62 bits per heavy atom. The standard InChI is InChI=1S/C8H7ClN2O2/c1-5(13)10-8-3-6(4-12)2-7(9)11-8/h2-4H,1H3,(H,10,11,13). The minimum absolute atomic E-state index is 0.174. The van der Waals surface area contributed by atoms with E-state index in [9.17, 15) is 9.59 Å². The Kier molecular flexibility index (Phi) is 2.97. The van der Waals surface area contributed by atoms with Crippen molar-refractivity contribution in [3.63, 3.8) is 0 Å². The van der Waals surface area contributed by atoms with Crippen molar-refractivity contribution >= 4 is 29.6 Å². The molecule has 0 saturated carbocycles. The number of aldehydes is 1. The number of carbonyl (C=O) groups excluding carboxylic acids is 2. The molecule has 0 radical (unpaired) electrons. The molecule has 0 aliphatic heterocycles. The van der Waals surface area contributed by atoms with Gasteiger partial charge in [0.2, 0.25) is 5.91 Å². The number of amides is 1. The molecule has 1 N–H and O–H groups in total. The molecule has 0 spiro atoms. The predicted molar refractivity (Wildman–Crippen MR) is 48.9 cm³/mol. The predicted octanol–water partition coefficient (Wildman–Crippen LogP) is 1.51. The third-order valence-corrected chi connectivity index (χ3v) is 1.45. The fourth-order valence-corrected chi connectivity index (χ4v) is 1.05. The highest BCUT2D eigenvalue weighted by Crippen LogP contribution is 2.12. The molecule has 13 heavy (non-hydrogen) atoms. The quantitative estimate of drug-likeness (QED) is 0.579. The van der Waals surface area contributed by atoms with Gasteiger partial charge < -0.3 is 5.32 Å². The van der Waals surface area contributed by atoms with Crippen LogP contribution < -0.4 is 5.32 Å². The van der Waals surface area contributed by atoms with Crippen molar-refractivity contribution in [2.24, 2.45) is 0 Å². The normalized spacial score (nSPS) is 9.38. The number of nitrogens with one attached hydrogen (secondary N) is 1. The Hall–Kier alpha value is -1.42. The number of carbonyl (C=O) groups is 2. The van der Waals surface area contributed by atoms with Crippen molar-refractivity contribution in [2.45, 2.75) is 6.92 Å². The minimum Gasteiger partial charge on any atom is -0.311 e. The number of hydrogen-bond donors (Lipinski definition) is 1. The zero-order valence-corrected chi connectivity index (χ0v) is 7.63. The van der Waals surface area contributed by atoms with Crippen LogP contribution in [0.5, 0.6) is 0 Å². The average molecular weight is 199 g/mol. The zero-order valence-electron chi connectivity index (χ0n) is 6.87. The van der Waals surface area contributed by atoms with Gasteiger partial charge in [-0.2, -0.15) is 0 Å². The van der Waals surface area contributed by atoms with Crippen LogP contribution in [0.15, 0.2) is 12.1 Å². The summed E-state index contributed by atoms with van der Waals surface area (Å²) in [5, 5.41) is 2.60. The number of halogens is 1. The molecule has 0 aliphatic rings. The highest BCUT2D eigenvalue weighted by atomic mass is 35.5. The van der Waals surface area contributed by atoms with Gasteiger partial charge in [-0.25, -0.2) is 4.98 Å². The van der Waals surface area contributed by atoms with E-state index in [0.717, 1.165) is 0 Å². The second kappa shape index (κ2) is 4.00. The molecule has 1 heterocycles. The SMILES string of the molecule is CC(=O)Nc1cc(C=O)cc(Cl)n1. The van der Waals surface area contributed by atoms with Gasteiger partial charge in [-0.15, -0.1) is 0 Å². The molecule has 1 aromatic rings. The molecule has 1 rings (SSSR count). The summed E-state index contributed by atoms with van der Waals surface area (Å²) < 4.78 is 0. The first-order valence-electron chi connectivity index (χ1n) is 3.52. The lowest BCUT2D eigenvalue weighted by Gasteiger charge is -2.01. The number of aromatic nitrogens is 1. The van der Waals surface area contributed by atoms with E-state index in [-0.39, 0.29) is 16.9 Å². The Labute approximate surface area is 79.9 Å². The van der Waals surface area contributed by atoms with Crippen molar-refractivity contribution in [3.05, 3.63) is 22.8 Å². The number of pyridine rings is 1. The monoisotopic (exact) mass is 198 g/mol. The van der Waals surface area contributed by atoms with E-state index in [1.54, 1.807) is 0 Å². The molecule has 4 nitrogen and oxygen atoms in total. The Balaban J connectivity index is 3.01. The molecule has 0 aromatic carbocycles. The fourth-order valence-electron chi connectivity index (χ4n) is 0.829. The van der Waals surface area contributed by atoms with E-state index in [1.165, 1.54) is 19.1 Å². The molecule has 0 fully saturated rings. The topological polar surface area (TPSA) is 59.1 Å². The van der Waals surface area contributed by atoms with Crippen LogP contribution >= 0.6 is 11.6 Å². The smallest absolute Gasteiger partial charge is 0.222 e. The van der Waals surface area contributed by atoms with E-state index in [2.05, 4.69) is 10.3 Å². The van der Waals surface area contributed by atoms with Gasteiger partial charge in [-0.3, -0.25) is 9.59 Å². The molecular weight excluding hydrogens is 192 g/mol. The van der Waals surface area contributed by atoms with Crippen LogP contribution in [0, 0.1) is 0 Å². The molecular formula is C8H7ClN2O2. The van der Waals surface area contributed by atoms with Gasteiger partial charge in [0, 0.05) is 12.5 Å². The Morgan fingerprint density at radius 3 is 2.85 bits per heavy atom. The number of nitrogens with zero attached hydrogens (tertiary/aromatic N) is 1. The minimum atomic E-state index is -0.258. The molecule has 0 aliphatic carbocycles. The first kappa shape index (κ1) is 9.67. The molecule has 1 aromatic heterocycles. The van der Waals surface area contributed by atoms with Crippen LogP contribution in [0.25, 0.3) is 0 Å². The van der Waals surface area contributed by atoms with Gasteiger partial charge in [0.05, 0.1) is 0 Å². The maximum atomic E-state index is 10.6. The summed E-state index contributed by atoms with van der Waals surface area (Å²) in [6.07, 6.45) is 0.638. The summed E-state index contributed by atoms with van der Waals surface area (Å²) in [4.78, 5) is 24.8. The molecule has 0 saturated heterocycles. The molecule has 68 valence electrons. The van der Waals surface area contributed by atoms with Crippen molar-refractivity contribution in [3.8, 4) is 0 Å². The summed E-state index contributed by atoms with van der Waals surface area (Å²) in [7, 11) is 0. The third kappa shape index (κ3) is 2.83. The van der Waals surface area contributed by atoms with Crippen molar-refractivity contribution < 1.29 is 9.59 Å². The second-order valence-electron chi connectivity index (χ2n) is 2.41. The number of hydrogen-bond acceptors (Lipinski definition) is 3. The van der Waals surface area contributed by atoms with Crippen LogP contribution in [0.1, 0.15) is 17.3 Å². The summed E-state index contributed by atoms with van der Waals surface area (Å²) in [5.41, 5.74) is 0.378. The fraction of sp³-hybridized carbons (Fsp3) is 0.125. The lowest BCUT2D eigenvalue weighted by molar-refractivity contribution is -0.114. The third-order valence-electron chi connectivity index (χ3n) is 1.26. The van der Waals surface area contributed by atoms with Gasteiger partial charge in [-0.1, -0.05) is 11.6 Å². The van der Waals surface area contributed by atoms with E-state index in [0.29, 0.717) is 11.8 Å². The first-order valence-corrected chi connectivity index (χ1v) is 3.90. The number of rotatable bonds is 2. The van der Waals surface area contributed by atoms with Gasteiger partial charge in [0.15, 0.2) is 0 Å². The van der Waals surface area contributed by atoms with Crippen LogP contribution in [0.4, 0.5) is 5.82 Å². The van der Waals surface area contributed by atoms with Crippen LogP contribution in [-0.2, 0) is 4.79 Å². The average Bonchev–Trinajstić information content (AvgIpc) is 2.01. The zero-order chi connectivity index (χ0) is 9.84. The maximum absolute atomic E-state index is 10.6. The molecule has 0 atom stereocenters. The van der Waals surface area contributed by atoms with Gasteiger partial charge >= 0.3 is 0 Å². The van der Waals surface area contributed by atoms with Gasteiger partial charge in [-0.05, 0) is 12.1 Å². The summed E-state index contributed by atoms with van der Waals surface area (Å²) in [5.74, 6) is 0.0220. The summed E-state index contributed by atoms with van der Waals surface area (Å²) in [6, 6.07) is 2.86. The van der Waals surface area contributed by atoms with Crippen molar-refractivity contribution in [1.29, 1.82) is 0 Å². The Morgan fingerprint density at radius 2 is 2.31 bits per heavy atom. The summed E-state index contributed by atoms with van der Waals surface area (Å²) >= 11 is 5.59. The lowest BCUT2D eigenvalue weighted by Crippen LogP contribution is -2.07. The summed E-state index contributed by atoms with van der Waals surface area (Å²) in [6.45, 7) is 1.35. The highest BCUT2D eigenvalue weighted by Gasteiger charge is 2.01. The second-order valence-corrected chi connectivity index (χ2v) is 2.79. The highest BCUT2D eigenvalue weighted by molar-refractivity contribution is 6.29. The van der Waals surface area contributed by atoms with Crippen molar-refractivity contribution in [2.75, 3.05) is 5.32 Å². The van der Waals surface area contributed by atoms with Crippen LogP contribution in [0.2, 0.25) is 5.15 Å². The maximum Gasteiger partial charge on any atom is 0.222 e. The van der Waals surface area contributed by atoms with Crippen LogP contribution in [0.3, 0.4) is 0 Å². The molecule has 5 heteroatoms. The molecule has 0 unspecified atom stereocenters. The molecule has 0 bridgehead atoms. The van der Waals surface area contributed by atoms with E-state index < -0.39 is 0 Å². The Bertz CT molecular complexity index is 352. The first-order chi connectivity index (χ1) is 6.11. The van der Waals surface area contributed by atoms with Gasteiger partial charge in [0.25, 0.3) is 0 Å². The molecule has 1 amide bonds. The number of anilines is 1. The van der Waals surface area contributed by atoms with E-state index in [4.69, 9.17) is 11.6 Å².